The topological polar surface area (TPSA) is 56.5 Å². The number of carbonyl (C=O) groups is 1. The Morgan fingerprint density at radius 2 is 2.25 bits per heavy atom. The van der Waals surface area contributed by atoms with Crippen molar-refractivity contribution < 1.29 is 9.53 Å². The van der Waals surface area contributed by atoms with Gasteiger partial charge in [0.05, 0.1) is 6.61 Å². The summed E-state index contributed by atoms with van der Waals surface area (Å²) in [4.78, 5) is 15.4. The Labute approximate surface area is 101 Å². The van der Waals surface area contributed by atoms with Crippen LogP contribution >= 0.6 is 23.2 Å². The van der Waals surface area contributed by atoms with E-state index in [0.29, 0.717) is 5.65 Å². The number of rotatable bonds is 2. The third-order valence-corrected chi connectivity index (χ3v) is 2.30. The first-order valence-corrected chi connectivity index (χ1v) is 5.26. The lowest BCUT2D eigenvalue weighted by atomic mass is 10.4. The molecule has 0 N–H and O–H groups in total. The highest BCUT2D eigenvalue weighted by atomic mass is 35.5. The van der Waals surface area contributed by atoms with E-state index in [2.05, 4.69) is 10.1 Å². The predicted molar refractivity (Wildman–Crippen MR) is 59.0 cm³/mol. The molecule has 2 rings (SSSR count). The van der Waals surface area contributed by atoms with Crippen molar-refractivity contribution in [2.45, 2.75) is 6.92 Å². The van der Waals surface area contributed by atoms with Crippen molar-refractivity contribution >= 4 is 34.8 Å². The number of carbonyl (C=O) groups excluding carboxylic acids is 1. The third kappa shape index (κ3) is 1.96. The number of hydrogen-bond donors (Lipinski definition) is 0. The summed E-state index contributed by atoms with van der Waals surface area (Å²) in [6.45, 7) is 2.00. The summed E-state index contributed by atoms with van der Waals surface area (Å²) in [5, 5.41) is 4.49. The molecule has 0 aliphatic carbocycles. The van der Waals surface area contributed by atoms with Gasteiger partial charge >= 0.3 is 5.97 Å². The Kier molecular flexibility index (Phi) is 2.98. The van der Waals surface area contributed by atoms with Gasteiger partial charge in [-0.1, -0.05) is 23.2 Å². The number of hydrogen-bond acceptors (Lipinski definition) is 4. The van der Waals surface area contributed by atoms with Crippen LogP contribution in [0, 0.1) is 0 Å². The van der Waals surface area contributed by atoms with E-state index in [1.165, 1.54) is 16.6 Å². The van der Waals surface area contributed by atoms with E-state index in [4.69, 9.17) is 27.9 Å². The van der Waals surface area contributed by atoms with Gasteiger partial charge in [-0.25, -0.2) is 14.3 Å². The number of halogens is 2. The van der Waals surface area contributed by atoms with Gasteiger partial charge in [0, 0.05) is 12.1 Å². The molecule has 16 heavy (non-hydrogen) atoms. The number of esters is 1. The van der Waals surface area contributed by atoms with Crippen molar-refractivity contribution in [3.63, 3.8) is 0 Å². The van der Waals surface area contributed by atoms with Gasteiger partial charge in [-0.15, -0.1) is 0 Å². The summed E-state index contributed by atoms with van der Waals surface area (Å²) in [7, 11) is 0. The summed E-state index contributed by atoms with van der Waals surface area (Å²) in [6.07, 6.45) is 0. The van der Waals surface area contributed by atoms with E-state index in [9.17, 15) is 4.79 Å². The van der Waals surface area contributed by atoms with E-state index in [-0.39, 0.29) is 22.6 Å². The Morgan fingerprint density at radius 3 is 2.94 bits per heavy atom. The first-order chi connectivity index (χ1) is 7.61. The van der Waals surface area contributed by atoms with Crippen molar-refractivity contribution in [3.8, 4) is 0 Å². The van der Waals surface area contributed by atoms with E-state index in [0.717, 1.165) is 0 Å². The molecule has 84 valence electrons. The van der Waals surface area contributed by atoms with Crippen molar-refractivity contribution in [3.05, 3.63) is 28.1 Å². The van der Waals surface area contributed by atoms with Crippen LogP contribution in [0.5, 0.6) is 0 Å². The van der Waals surface area contributed by atoms with Crippen LogP contribution in [0.1, 0.15) is 17.4 Å². The molecule has 2 aromatic rings. The van der Waals surface area contributed by atoms with Crippen LogP contribution in [0.15, 0.2) is 12.1 Å². The van der Waals surface area contributed by atoms with Crippen LogP contribution in [0.2, 0.25) is 10.3 Å². The molecular formula is C9H7Cl2N3O2. The molecule has 0 aliphatic heterocycles. The van der Waals surface area contributed by atoms with Crippen molar-refractivity contribution in [1.82, 2.24) is 14.6 Å². The summed E-state index contributed by atoms with van der Waals surface area (Å²) in [5.74, 6) is -0.514. The molecule has 0 aliphatic rings. The molecule has 0 atom stereocenters. The molecule has 0 fully saturated rings. The van der Waals surface area contributed by atoms with E-state index >= 15 is 0 Å². The van der Waals surface area contributed by atoms with Crippen molar-refractivity contribution in [2.75, 3.05) is 6.61 Å². The Hall–Kier alpha value is -1.33. The molecule has 0 amide bonds. The molecule has 0 saturated heterocycles. The van der Waals surface area contributed by atoms with Gasteiger partial charge < -0.3 is 4.74 Å². The summed E-state index contributed by atoms with van der Waals surface area (Å²) < 4.78 is 6.13. The normalized spacial score (nSPS) is 10.7. The van der Waals surface area contributed by atoms with Crippen LogP contribution < -0.4 is 0 Å². The second kappa shape index (κ2) is 4.27. The Bertz CT molecular complexity index is 553. The predicted octanol–water partition coefficient (Wildman–Crippen LogP) is 2.21. The van der Waals surface area contributed by atoms with Gasteiger partial charge in [0.15, 0.2) is 11.3 Å². The molecule has 0 radical (unpaired) electrons. The van der Waals surface area contributed by atoms with Crippen LogP contribution in [-0.4, -0.2) is 27.2 Å². The lowest BCUT2D eigenvalue weighted by molar-refractivity contribution is 0.0519. The van der Waals surface area contributed by atoms with Gasteiger partial charge in [-0.3, -0.25) is 0 Å². The van der Waals surface area contributed by atoms with Crippen LogP contribution in [0.3, 0.4) is 0 Å². The van der Waals surface area contributed by atoms with Crippen LogP contribution in [0.4, 0.5) is 0 Å². The monoisotopic (exact) mass is 259 g/mol. The lowest BCUT2D eigenvalue weighted by Crippen LogP contribution is -2.05. The minimum absolute atomic E-state index is 0.151. The van der Waals surface area contributed by atoms with E-state index < -0.39 is 5.97 Å². The quantitative estimate of drug-likeness (QED) is 0.613. The number of aromatic nitrogens is 3. The van der Waals surface area contributed by atoms with Gasteiger partial charge in [0.25, 0.3) is 0 Å². The van der Waals surface area contributed by atoms with Gasteiger partial charge in [-0.05, 0) is 6.92 Å². The molecule has 2 aromatic heterocycles. The van der Waals surface area contributed by atoms with Crippen molar-refractivity contribution in [1.29, 1.82) is 0 Å². The van der Waals surface area contributed by atoms with Crippen LogP contribution in [-0.2, 0) is 4.74 Å². The fraction of sp³-hybridized carbons (Fsp3) is 0.222. The first-order valence-electron chi connectivity index (χ1n) is 4.50. The zero-order valence-electron chi connectivity index (χ0n) is 8.28. The molecule has 0 saturated carbocycles. The highest BCUT2D eigenvalue weighted by Gasteiger charge is 2.14. The second-order valence-corrected chi connectivity index (χ2v) is 3.70. The molecule has 0 spiro atoms. The molecular weight excluding hydrogens is 253 g/mol. The summed E-state index contributed by atoms with van der Waals surface area (Å²) >= 11 is 11.6. The maximum absolute atomic E-state index is 11.4. The zero-order chi connectivity index (χ0) is 11.7. The highest BCUT2D eigenvalue weighted by molar-refractivity contribution is 6.33. The Morgan fingerprint density at radius 1 is 1.50 bits per heavy atom. The summed E-state index contributed by atoms with van der Waals surface area (Å²) in [5.41, 5.74) is 0.555. The lowest BCUT2D eigenvalue weighted by Gasteiger charge is -1.96. The fourth-order valence-electron chi connectivity index (χ4n) is 1.21. The van der Waals surface area contributed by atoms with Crippen molar-refractivity contribution in [2.24, 2.45) is 0 Å². The molecule has 0 aromatic carbocycles. The minimum Gasteiger partial charge on any atom is -0.461 e. The Balaban J connectivity index is 2.51. The minimum atomic E-state index is -0.514. The number of ether oxygens (including phenoxy) is 1. The smallest absolute Gasteiger partial charge is 0.358 e. The number of nitrogens with zero attached hydrogens (tertiary/aromatic N) is 3. The molecule has 2 heterocycles. The van der Waals surface area contributed by atoms with Crippen LogP contribution in [0.25, 0.3) is 5.65 Å². The second-order valence-electron chi connectivity index (χ2n) is 2.92. The van der Waals surface area contributed by atoms with E-state index in [1.807, 2.05) is 0 Å². The maximum Gasteiger partial charge on any atom is 0.358 e. The standard InChI is InChI=1S/C9H7Cl2N3O2/c1-2-16-9(15)5-3-8-12-6(10)4-7(11)14(8)13-5/h3-4H,2H2,1H3. The third-order valence-electron chi connectivity index (χ3n) is 1.84. The largest absolute Gasteiger partial charge is 0.461 e. The summed E-state index contributed by atoms with van der Waals surface area (Å²) in [6, 6.07) is 2.91. The zero-order valence-corrected chi connectivity index (χ0v) is 9.79. The van der Waals surface area contributed by atoms with E-state index in [1.54, 1.807) is 6.92 Å². The number of fused-ring (bicyclic) bond motifs is 1. The average Bonchev–Trinajstić information content (AvgIpc) is 2.62. The van der Waals surface area contributed by atoms with Gasteiger partial charge in [0.1, 0.15) is 10.3 Å². The highest BCUT2D eigenvalue weighted by Crippen LogP contribution is 2.17. The SMILES string of the molecule is CCOC(=O)c1cc2nc(Cl)cc(Cl)n2n1. The molecule has 0 unspecified atom stereocenters. The molecule has 0 bridgehead atoms. The fourth-order valence-corrected chi connectivity index (χ4v) is 1.69. The molecule has 7 heteroatoms. The average molecular weight is 260 g/mol. The maximum atomic E-state index is 11.4. The van der Waals surface area contributed by atoms with Gasteiger partial charge in [-0.2, -0.15) is 5.10 Å². The first kappa shape index (κ1) is 11.2. The molecule has 5 nitrogen and oxygen atoms in total. The van der Waals surface area contributed by atoms with Gasteiger partial charge in [0.2, 0.25) is 0 Å².